The number of para-hydroxylation sites is 1. The van der Waals surface area contributed by atoms with Gasteiger partial charge in [-0.05, 0) is 87.2 Å². The molecular formula is C23H30N2OS. The van der Waals surface area contributed by atoms with E-state index < -0.39 is 0 Å². The molecule has 3 nitrogen and oxygen atoms in total. The molecule has 0 radical (unpaired) electrons. The van der Waals surface area contributed by atoms with Gasteiger partial charge in [0, 0.05) is 19.5 Å². The standard InChI is InChI=1S/C23H30N2OS/c1-25(23-17-11-15-10-16(13-17)14-18(23)12-15)22(26)9-5-4-8-21-24-19-6-2-3-7-20(19)27-21/h2-3,6-7,15-18,23H,4-5,8-14H2,1H3. The molecule has 0 atom stereocenters. The van der Waals surface area contributed by atoms with E-state index in [1.807, 2.05) is 6.07 Å². The van der Waals surface area contributed by atoms with Crippen LogP contribution in [0.3, 0.4) is 0 Å². The Labute approximate surface area is 166 Å². The van der Waals surface area contributed by atoms with Crippen molar-refractivity contribution in [1.82, 2.24) is 9.88 Å². The van der Waals surface area contributed by atoms with Gasteiger partial charge in [-0.1, -0.05) is 12.1 Å². The number of fused-ring (bicyclic) bond motifs is 1. The summed E-state index contributed by atoms with van der Waals surface area (Å²) in [6.07, 6.45) is 10.7. The van der Waals surface area contributed by atoms with Gasteiger partial charge in [-0.25, -0.2) is 4.98 Å². The first-order chi connectivity index (χ1) is 13.2. The third-order valence-electron chi connectivity index (χ3n) is 7.39. The number of thiazole rings is 1. The van der Waals surface area contributed by atoms with E-state index in [0.717, 1.165) is 48.5 Å². The highest BCUT2D eigenvalue weighted by Crippen LogP contribution is 2.55. The van der Waals surface area contributed by atoms with Crippen LogP contribution < -0.4 is 0 Å². The maximum absolute atomic E-state index is 12.8. The molecule has 1 amide bonds. The van der Waals surface area contributed by atoms with Crippen LogP contribution in [0.4, 0.5) is 0 Å². The van der Waals surface area contributed by atoms with Crippen LogP contribution in [0.1, 0.15) is 56.4 Å². The third-order valence-corrected chi connectivity index (χ3v) is 8.48. The Morgan fingerprint density at radius 3 is 2.48 bits per heavy atom. The van der Waals surface area contributed by atoms with E-state index in [9.17, 15) is 4.79 Å². The Hall–Kier alpha value is -1.42. The number of hydrogen-bond donors (Lipinski definition) is 0. The first kappa shape index (κ1) is 17.7. The van der Waals surface area contributed by atoms with Crippen molar-refractivity contribution in [3.63, 3.8) is 0 Å². The molecule has 0 saturated heterocycles. The van der Waals surface area contributed by atoms with Gasteiger partial charge in [0.15, 0.2) is 0 Å². The molecule has 4 saturated carbocycles. The van der Waals surface area contributed by atoms with E-state index in [2.05, 4.69) is 30.1 Å². The van der Waals surface area contributed by atoms with Crippen LogP contribution in [0.2, 0.25) is 0 Å². The largest absolute Gasteiger partial charge is 0.342 e. The molecular weight excluding hydrogens is 352 g/mol. The predicted molar refractivity (Wildman–Crippen MR) is 111 cm³/mol. The van der Waals surface area contributed by atoms with Crippen molar-refractivity contribution in [3.05, 3.63) is 29.3 Å². The summed E-state index contributed by atoms with van der Waals surface area (Å²) in [5.74, 6) is 3.90. The van der Waals surface area contributed by atoms with Crippen LogP contribution in [-0.2, 0) is 11.2 Å². The molecule has 6 rings (SSSR count). The van der Waals surface area contributed by atoms with Crippen molar-refractivity contribution < 1.29 is 4.79 Å². The smallest absolute Gasteiger partial charge is 0.222 e. The SMILES string of the molecule is CN(C(=O)CCCCc1nc2ccccc2s1)C1C2CC3CC(C2)CC1C3. The predicted octanol–water partition coefficient (Wildman–Crippen LogP) is 5.29. The summed E-state index contributed by atoms with van der Waals surface area (Å²) in [5, 5.41) is 1.21. The summed E-state index contributed by atoms with van der Waals surface area (Å²) in [6, 6.07) is 8.88. The number of aromatic nitrogens is 1. The summed E-state index contributed by atoms with van der Waals surface area (Å²) in [5.41, 5.74) is 1.11. The Morgan fingerprint density at radius 2 is 1.78 bits per heavy atom. The van der Waals surface area contributed by atoms with Gasteiger partial charge < -0.3 is 4.90 Å². The van der Waals surface area contributed by atoms with E-state index in [0.29, 0.717) is 18.4 Å². The lowest BCUT2D eigenvalue weighted by molar-refractivity contribution is -0.141. The highest BCUT2D eigenvalue weighted by Gasteiger charge is 2.50. The van der Waals surface area contributed by atoms with Crippen LogP contribution in [0.25, 0.3) is 10.2 Å². The monoisotopic (exact) mass is 382 g/mol. The van der Waals surface area contributed by atoms with Crippen molar-refractivity contribution in [1.29, 1.82) is 0 Å². The molecule has 4 fully saturated rings. The van der Waals surface area contributed by atoms with E-state index in [4.69, 9.17) is 4.98 Å². The summed E-state index contributed by atoms with van der Waals surface area (Å²) < 4.78 is 1.27. The first-order valence-corrected chi connectivity index (χ1v) is 11.6. The molecule has 4 bridgehead atoms. The molecule has 0 aliphatic heterocycles. The molecule has 4 aliphatic carbocycles. The second-order valence-corrected chi connectivity index (χ2v) is 10.3. The molecule has 1 aromatic heterocycles. The van der Waals surface area contributed by atoms with Crippen LogP contribution in [0.15, 0.2) is 24.3 Å². The van der Waals surface area contributed by atoms with Gasteiger partial charge in [-0.15, -0.1) is 11.3 Å². The molecule has 0 N–H and O–H groups in total. The second-order valence-electron chi connectivity index (χ2n) is 9.21. The van der Waals surface area contributed by atoms with Crippen LogP contribution in [-0.4, -0.2) is 28.9 Å². The first-order valence-electron chi connectivity index (χ1n) is 10.8. The molecule has 1 heterocycles. The van der Waals surface area contributed by atoms with Crippen LogP contribution in [0.5, 0.6) is 0 Å². The van der Waals surface area contributed by atoms with Crippen molar-refractivity contribution >= 4 is 27.5 Å². The number of amides is 1. The van der Waals surface area contributed by atoms with Crippen molar-refractivity contribution in [2.45, 2.75) is 63.8 Å². The summed E-state index contributed by atoms with van der Waals surface area (Å²) in [6.45, 7) is 0. The number of carbonyl (C=O) groups is 1. The lowest BCUT2D eigenvalue weighted by Gasteiger charge is -2.56. The molecule has 4 heteroatoms. The molecule has 0 unspecified atom stereocenters. The summed E-state index contributed by atoms with van der Waals surface area (Å²) in [4.78, 5) is 19.7. The number of rotatable bonds is 6. The molecule has 0 spiro atoms. The molecule has 2 aromatic rings. The number of hydrogen-bond acceptors (Lipinski definition) is 3. The fourth-order valence-corrected chi connectivity index (χ4v) is 7.46. The van der Waals surface area contributed by atoms with E-state index >= 15 is 0 Å². The quantitative estimate of drug-likeness (QED) is 0.636. The number of benzene rings is 1. The van der Waals surface area contributed by atoms with E-state index in [1.54, 1.807) is 11.3 Å². The highest BCUT2D eigenvalue weighted by atomic mass is 32.1. The molecule has 27 heavy (non-hydrogen) atoms. The van der Waals surface area contributed by atoms with Crippen molar-refractivity contribution in [3.8, 4) is 0 Å². The zero-order chi connectivity index (χ0) is 18.4. The molecule has 144 valence electrons. The fraction of sp³-hybridized carbons (Fsp3) is 0.652. The lowest BCUT2D eigenvalue weighted by Crippen LogP contribution is -2.56. The maximum atomic E-state index is 12.8. The minimum absolute atomic E-state index is 0.372. The zero-order valence-electron chi connectivity index (χ0n) is 16.3. The highest BCUT2D eigenvalue weighted by molar-refractivity contribution is 7.18. The zero-order valence-corrected chi connectivity index (χ0v) is 17.1. The van der Waals surface area contributed by atoms with Gasteiger partial charge in [-0.2, -0.15) is 0 Å². The van der Waals surface area contributed by atoms with Crippen LogP contribution in [0, 0.1) is 23.7 Å². The van der Waals surface area contributed by atoms with Gasteiger partial charge in [0.25, 0.3) is 0 Å². The number of aryl methyl sites for hydroxylation is 1. The number of unbranched alkanes of at least 4 members (excludes halogenated alkanes) is 1. The Bertz CT molecular complexity index is 768. The van der Waals surface area contributed by atoms with Crippen molar-refractivity contribution in [2.75, 3.05) is 7.05 Å². The van der Waals surface area contributed by atoms with Crippen LogP contribution >= 0.6 is 11.3 Å². The third kappa shape index (κ3) is 3.41. The Kier molecular flexibility index (Phi) is 4.71. The topological polar surface area (TPSA) is 33.2 Å². The molecule has 4 aliphatic rings. The minimum Gasteiger partial charge on any atom is -0.342 e. The summed E-state index contributed by atoms with van der Waals surface area (Å²) >= 11 is 1.79. The molecule has 1 aromatic carbocycles. The maximum Gasteiger partial charge on any atom is 0.222 e. The fourth-order valence-electron chi connectivity index (χ4n) is 6.45. The van der Waals surface area contributed by atoms with Gasteiger partial charge in [-0.3, -0.25) is 4.79 Å². The van der Waals surface area contributed by atoms with E-state index in [1.165, 1.54) is 41.8 Å². The average molecular weight is 383 g/mol. The van der Waals surface area contributed by atoms with Gasteiger partial charge in [0.2, 0.25) is 5.91 Å². The lowest BCUT2D eigenvalue weighted by atomic mass is 9.54. The summed E-state index contributed by atoms with van der Waals surface area (Å²) in [7, 11) is 2.09. The number of nitrogens with zero attached hydrogens (tertiary/aromatic N) is 2. The second kappa shape index (κ2) is 7.20. The van der Waals surface area contributed by atoms with Gasteiger partial charge >= 0.3 is 0 Å². The van der Waals surface area contributed by atoms with Crippen molar-refractivity contribution in [2.24, 2.45) is 23.7 Å². The normalized spacial score (nSPS) is 31.5. The van der Waals surface area contributed by atoms with Gasteiger partial charge in [0.05, 0.1) is 15.2 Å². The van der Waals surface area contributed by atoms with E-state index in [-0.39, 0.29) is 0 Å². The number of carbonyl (C=O) groups excluding carboxylic acids is 1. The van der Waals surface area contributed by atoms with Gasteiger partial charge in [0.1, 0.15) is 0 Å². The minimum atomic E-state index is 0.372. The Morgan fingerprint density at radius 1 is 1.07 bits per heavy atom. The Balaban J connectivity index is 1.12. The average Bonchev–Trinajstić information content (AvgIpc) is 3.07.